The third-order valence-electron chi connectivity index (χ3n) is 5.96. The molecule has 5 rings (SSSR count). The fourth-order valence-electron chi connectivity index (χ4n) is 4.57. The lowest BCUT2D eigenvalue weighted by atomic mass is 9.98. The van der Waals surface area contributed by atoms with Crippen molar-refractivity contribution in [3.8, 4) is 17.1 Å². The molecule has 0 spiro atoms. The monoisotopic (exact) mass is 407 g/mol. The quantitative estimate of drug-likeness (QED) is 0.290. The van der Waals surface area contributed by atoms with Crippen LogP contribution in [-0.4, -0.2) is 4.57 Å². The lowest BCUT2D eigenvalue weighted by molar-refractivity contribution is -0.638. The van der Waals surface area contributed by atoms with E-state index >= 15 is 0 Å². The standard InChI is InChI=1S/C29H29N2/c1-20(2)18-23-13-9-15-26-25(23)16-17-28(30(26)4)31-27(22-11-6-5-7-12-22)19-24-14-8-10-21(3)29(24)31/h5-17,19-20H,18H2,1-4H3/q+1/i18D2. The van der Waals surface area contributed by atoms with Crippen LogP contribution in [-0.2, 0) is 13.4 Å². The summed E-state index contributed by atoms with van der Waals surface area (Å²) in [7, 11) is 2.07. The zero-order valence-corrected chi connectivity index (χ0v) is 18.6. The Morgan fingerprint density at radius 3 is 2.45 bits per heavy atom. The number of hydrogen-bond acceptors (Lipinski definition) is 0. The van der Waals surface area contributed by atoms with Gasteiger partial charge in [-0.3, -0.25) is 0 Å². The summed E-state index contributed by atoms with van der Waals surface area (Å²) < 4.78 is 21.9. The molecule has 0 fully saturated rings. The third kappa shape index (κ3) is 3.33. The smallest absolute Gasteiger partial charge is 0.229 e. The van der Waals surface area contributed by atoms with Gasteiger partial charge >= 0.3 is 0 Å². The first-order valence-electron chi connectivity index (χ1n) is 11.9. The van der Waals surface area contributed by atoms with Crippen LogP contribution in [0, 0.1) is 12.8 Å². The Morgan fingerprint density at radius 2 is 1.68 bits per heavy atom. The van der Waals surface area contributed by atoms with Crippen LogP contribution in [0.4, 0.5) is 0 Å². The van der Waals surface area contributed by atoms with Crippen LogP contribution in [0.15, 0.2) is 84.9 Å². The SMILES string of the molecule is [2H]C([2H])(c1cccc2c1ccc(-n1c(-c3ccccc3)cc3cccc(C)c31)[n+]2C)C(C)C. The van der Waals surface area contributed by atoms with Crippen molar-refractivity contribution >= 4 is 21.8 Å². The summed E-state index contributed by atoms with van der Waals surface area (Å²) in [4.78, 5) is 0. The van der Waals surface area contributed by atoms with Gasteiger partial charge in [-0.15, -0.1) is 0 Å². The first kappa shape index (κ1) is 17.3. The van der Waals surface area contributed by atoms with Gasteiger partial charge in [0.1, 0.15) is 16.7 Å². The number of fused-ring (bicyclic) bond motifs is 2. The van der Waals surface area contributed by atoms with Gasteiger partial charge in [-0.25, -0.2) is 4.57 Å². The van der Waals surface area contributed by atoms with Crippen LogP contribution in [0.5, 0.6) is 0 Å². The van der Waals surface area contributed by atoms with Gasteiger partial charge in [0, 0.05) is 25.1 Å². The largest absolute Gasteiger partial charge is 0.287 e. The van der Waals surface area contributed by atoms with E-state index in [2.05, 4.69) is 89.8 Å². The Morgan fingerprint density at radius 1 is 0.903 bits per heavy atom. The van der Waals surface area contributed by atoms with E-state index in [-0.39, 0.29) is 5.92 Å². The van der Waals surface area contributed by atoms with E-state index in [1.165, 1.54) is 16.5 Å². The molecule has 154 valence electrons. The van der Waals surface area contributed by atoms with Gasteiger partial charge in [0.2, 0.25) is 0 Å². The summed E-state index contributed by atoms with van der Waals surface area (Å²) in [6.45, 7) is 6.03. The maximum absolute atomic E-state index is 8.70. The molecule has 0 N–H and O–H groups in total. The number of aryl methyl sites for hydroxylation is 2. The van der Waals surface area contributed by atoms with Crippen molar-refractivity contribution in [3.05, 3.63) is 96.1 Å². The first-order valence-corrected chi connectivity index (χ1v) is 10.9. The van der Waals surface area contributed by atoms with Crippen LogP contribution >= 0.6 is 0 Å². The van der Waals surface area contributed by atoms with Gasteiger partial charge in [0.05, 0.1) is 7.05 Å². The van der Waals surface area contributed by atoms with Crippen molar-refractivity contribution in [2.24, 2.45) is 13.0 Å². The Kier molecular flexibility index (Phi) is 4.30. The lowest BCUT2D eigenvalue weighted by Crippen LogP contribution is -2.35. The molecule has 5 aromatic rings. The Balaban J connectivity index is 1.84. The molecule has 0 aliphatic carbocycles. The second-order valence-corrected chi connectivity index (χ2v) is 8.53. The molecule has 3 aromatic carbocycles. The minimum Gasteiger partial charge on any atom is -0.229 e. The summed E-state index contributed by atoms with van der Waals surface area (Å²) in [5, 5.41) is 2.16. The van der Waals surface area contributed by atoms with Gasteiger partial charge in [0.25, 0.3) is 5.82 Å². The number of nitrogens with zero attached hydrogens (tertiary/aromatic N) is 2. The summed E-state index contributed by atoms with van der Waals surface area (Å²) in [5.74, 6) is 0.932. The zero-order chi connectivity index (χ0) is 23.3. The Bertz CT molecular complexity index is 1480. The van der Waals surface area contributed by atoms with E-state index in [1.54, 1.807) is 0 Å². The third-order valence-corrected chi connectivity index (χ3v) is 5.96. The Hall–Kier alpha value is -3.39. The minimum atomic E-state index is -1.40. The normalized spacial score (nSPS) is 13.1. The highest BCUT2D eigenvalue weighted by Gasteiger charge is 2.24. The fourth-order valence-corrected chi connectivity index (χ4v) is 4.57. The van der Waals surface area contributed by atoms with Gasteiger partial charge in [-0.05, 0) is 48.5 Å². The van der Waals surface area contributed by atoms with Crippen molar-refractivity contribution in [1.82, 2.24) is 4.57 Å². The summed E-state index contributed by atoms with van der Waals surface area (Å²) in [6, 6.07) is 29.4. The highest BCUT2D eigenvalue weighted by Crippen LogP contribution is 2.33. The van der Waals surface area contributed by atoms with E-state index in [9.17, 15) is 0 Å². The van der Waals surface area contributed by atoms with Gasteiger partial charge in [-0.1, -0.05) is 74.5 Å². The van der Waals surface area contributed by atoms with Gasteiger partial charge in [0.15, 0.2) is 0 Å². The van der Waals surface area contributed by atoms with Gasteiger partial charge < -0.3 is 0 Å². The van der Waals surface area contributed by atoms with Gasteiger partial charge in [-0.2, -0.15) is 4.57 Å². The second-order valence-electron chi connectivity index (χ2n) is 8.53. The molecule has 0 saturated carbocycles. The lowest BCUT2D eigenvalue weighted by Gasteiger charge is -2.13. The van der Waals surface area contributed by atoms with E-state index in [0.29, 0.717) is 0 Å². The summed E-state index contributed by atoms with van der Waals surface area (Å²) in [5.41, 5.74) is 6.49. The molecule has 0 bridgehead atoms. The molecule has 0 atom stereocenters. The number of benzene rings is 3. The molecule has 0 radical (unpaired) electrons. The van der Waals surface area contributed by atoms with E-state index in [0.717, 1.165) is 33.5 Å². The summed E-state index contributed by atoms with van der Waals surface area (Å²) >= 11 is 0. The van der Waals surface area contributed by atoms with Crippen molar-refractivity contribution in [1.29, 1.82) is 0 Å². The molecule has 2 heteroatoms. The number of rotatable bonds is 4. The van der Waals surface area contributed by atoms with E-state index in [1.807, 2.05) is 32.0 Å². The Labute approximate surface area is 187 Å². The predicted molar refractivity (Wildman–Crippen MR) is 131 cm³/mol. The molecule has 2 aromatic heterocycles. The van der Waals surface area contributed by atoms with Crippen LogP contribution in [0.2, 0.25) is 0 Å². The maximum atomic E-state index is 8.70. The molecular weight excluding hydrogens is 376 g/mol. The van der Waals surface area contributed by atoms with Crippen molar-refractivity contribution < 1.29 is 7.31 Å². The number of hydrogen-bond donors (Lipinski definition) is 0. The van der Waals surface area contributed by atoms with Crippen LogP contribution in [0.1, 0.15) is 27.7 Å². The molecule has 0 saturated heterocycles. The van der Waals surface area contributed by atoms with Crippen LogP contribution in [0.25, 0.3) is 38.9 Å². The average molecular weight is 408 g/mol. The maximum Gasteiger partial charge on any atom is 0.287 e. The highest BCUT2D eigenvalue weighted by molar-refractivity contribution is 5.91. The average Bonchev–Trinajstić information content (AvgIpc) is 3.20. The molecule has 31 heavy (non-hydrogen) atoms. The second kappa shape index (κ2) is 7.70. The molecule has 0 amide bonds. The van der Waals surface area contributed by atoms with Crippen LogP contribution < -0.4 is 4.57 Å². The van der Waals surface area contributed by atoms with E-state index in [4.69, 9.17) is 2.74 Å². The zero-order valence-electron chi connectivity index (χ0n) is 20.6. The molecule has 0 aliphatic heterocycles. The minimum absolute atomic E-state index is 0.117. The number of pyridine rings is 1. The molecule has 2 nitrogen and oxygen atoms in total. The molecule has 0 unspecified atom stereocenters. The number of aromatic nitrogens is 2. The van der Waals surface area contributed by atoms with Crippen molar-refractivity contribution in [3.63, 3.8) is 0 Å². The van der Waals surface area contributed by atoms with E-state index < -0.39 is 6.37 Å². The first-order chi connectivity index (χ1) is 15.8. The van der Waals surface area contributed by atoms with Crippen LogP contribution in [0.3, 0.4) is 0 Å². The molecule has 2 heterocycles. The number of para-hydroxylation sites is 1. The molecular formula is C29H29N2+. The van der Waals surface area contributed by atoms with Crippen molar-refractivity contribution in [2.75, 3.05) is 0 Å². The summed E-state index contributed by atoms with van der Waals surface area (Å²) in [6.07, 6.45) is -1.40. The fraction of sp³-hybridized carbons (Fsp3) is 0.207. The topological polar surface area (TPSA) is 8.81 Å². The van der Waals surface area contributed by atoms with Crippen molar-refractivity contribution in [2.45, 2.75) is 27.1 Å². The molecule has 0 aliphatic rings. The predicted octanol–water partition coefficient (Wildman–Crippen LogP) is 6.78. The highest BCUT2D eigenvalue weighted by atomic mass is 15.1.